The molecule has 2 aromatic heterocycles. The third kappa shape index (κ3) is 8.38. The van der Waals surface area contributed by atoms with Gasteiger partial charge in [-0.05, 0) is 80.7 Å². The molecule has 1 aliphatic heterocycles. The minimum atomic E-state index is -0.545. The lowest BCUT2D eigenvalue weighted by molar-refractivity contribution is -0.120. The van der Waals surface area contributed by atoms with Crippen molar-refractivity contribution in [3.05, 3.63) is 72.1 Å². The molecule has 1 aliphatic rings. The van der Waals surface area contributed by atoms with E-state index in [1.54, 1.807) is 17.3 Å². The number of rotatable bonds is 8. The van der Waals surface area contributed by atoms with Gasteiger partial charge in [-0.3, -0.25) is 4.79 Å². The van der Waals surface area contributed by atoms with Crippen LogP contribution in [-0.2, 0) is 16.0 Å². The smallest absolute Gasteiger partial charge is 0.410 e. The van der Waals surface area contributed by atoms with E-state index >= 15 is 0 Å². The third-order valence-corrected chi connectivity index (χ3v) is 7.72. The molecule has 9 heteroatoms. The van der Waals surface area contributed by atoms with Gasteiger partial charge in [-0.1, -0.05) is 51.1 Å². The molecule has 9 nitrogen and oxygen atoms in total. The Morgan fingerprint density at radius 3 is 2.52 bits per heavy atom. The summed E-state index contributed by atoms with van der Waals surface area (Å²) in [6.07, 6.45) is 5.74. The average Bonchev–Trinajstić information content (AvgIpc) is 2.97. The fraction of sp³-hybridized carbons (Fsp3) is 0.432. The van der Waals surface area contributed by atoms with Crippen LogP contribution in [0.5, 0.6) is 11.6 Å². The minimum Gasteiger partial charge on any atom is -0.444 e. The Balaban J connectivity index is 1.38. The number of piperidine rings is 1. The summed E-state index contributed by atoms with van der Waals surface area (Å²) in [7, 11) is 0. The highest BCUT2D eigenvalue weighted by Crippen LogP contribution is 2.38. The predicted molar refractivity (Wildman–Crippen MR) is 181 cm³/mol. The number of aryl methyl sites for hydroxylation is 1. The van der Waals surface area contributed by atoms with Crippen LogP contribution in [-0.4, -0.2) is 56.5 Å². The number of hydrogen-bond donors (Lipinski definition) is 1. The summed E-state index contributed by atoms with van der Waals surface area (Å²) >= 11 is 0. The van der Waals surface area contributed by atoms with Gasteiger partial charge < -0.3 is 19.7 Å². The Morgan fingerprint density at radius 2 is 1.76 bits per heavy atom. The molecule has 1 N–H and O–H groups in total. The Morgan fingerprint density at radius 1 is 0.957 bits per heavy atom. The van der Waals surface area contributed by atoms with Gasteiger partial charge in [0.15, 0.2) is 0 Å². The summed E-state index contributed by atoms with van der Waals surface area (Å²) in [5.41, 5.74) is 2.72. The Hall–Kier alpha value is -4.53. The van der Waals surface area contributed by atoms with Gasteiger partial charge in [0.1, 0.15) is 17.1 Å². The second-order valence-electron chi connectivity index (χ2n) is 14.3. The monoisotopic (exact) mass is 623 g/mol. The zero-order valence-electron chi connectivity index (χ0n) is 28.0. The summed E-state index contributed by atoms with van der Waals surface area (Å²) in [6.45, 7) is 15.0. The fourth-order valence-electron chi connectivity index (χ4n) is 5.77. The highest BCUT2D eigenvalue weighted by atomic mass is 16.6. The number of Topliss-reactive ketones (excluding diaryl/α,β-unsaturated/α-hetero) is 1. The van der Waals surface area contributed by atoms with E-state index in [1.165, 1.54) is 0 Å². The molecule has 3 heterocycles. The molecule has 1 fully saturated rings. The number of nitrogens with zero attached hydrogens (tertiary/aromatic N) is 4. The first kappa shape index (κ1) is 32.9. The molecule has 46 heavy (non-hydrogen) atoms. The van der Waals surface area contributed by atoms with Crippen LogP contribution in [0.25, 0.3) is 22.0 Å². The normalized spacial score (nSPS) is 15.5. The van der Waals surface area contributed by atoms with Crippen LogP contribution in [0.2, 0.25) is 0 Å². The summed E-state index contributed by atoms with van der Waals surface area (Å²) in [5, 5.41) is 5.33. The molecule has 5 rings (SSSR count). The van der Waals surface area contributed by atoms with Gasteiger partial charge in [0.05, 0.1) is 11.3 Å². The first-order chi connectivity index (χ1) is 21.8. The van der Waals surface area contributed by atoms with Crippen LogP contribution in [0.1, 0.15) is 71.9 Å². The van der Waals surface area contributed by atoms with Crippen LogP contribution in [0.4, 0.5) is 10.7 Å². The highest BCUT2D eigenvalue weighted by molar-refractivity contribution is 5.95. The topological polar surface area (TPSA) is 107 Å². The van der Waals surface area contributed by atoms with Gasteiger partial charge in [-0.25, -0.2) is 19.7 Å². The number of carbonyl (C=O) groups excluding carboxylic acids is 2. The van der Waals surface area contributed by atoms with Crippen LogP contribution >= 0.6 is 0 Å². The summed E-state index contributed by atoms with van der Waals surface area (Å²) in [5.74, 6) is 1.80. The third-order valence-electron chi connectivity index (χ3n) is 7.72. The predicted octanol–water partition coefficient (Wildman–Crippen LogP) is 8.15. The zero-order valence-corrected chi connectivity index (χ0v) is 28.0. The lowest BCUT2D eigenvalue weighted by atomic mass is 9.87. The van der Waals surface area contributed by atoms with Crippen molar-refractivity contribution >= 4 is 28.6 Å². The zero-order chi connectivity index (χ0) is 33.1. The lowest BCUT2D eigenvalue weighted by Crippen LogP contribution is -2.47. The standard InChI is InChI=1S/C37H45N5O4/c1-24-15-16-28-25(21-27(43)22-36(2,3)4)11-8-13-29(28)32(24)45-33-30(14-9-18-38-33)31-17-19-39-34(41-31)40-26-12-10-20-42(23-26)35(44)46-37(5,6)7/h8-9,11,13-19,26H,10,12,20-23H2,1-7H3,(H,39,40,41)/t26-/m0/s1. The molecule has 0 bridgehead atoms. The van der Waals surface area contributed by atoms with Crippen molar-refractivity contribution in [2.75, 3.05) is 18.4 Å². The number of ether oxygens (including phenoxy) is 2. The molecule has 0 radical (unpaired) electrons. The number of hydrogen-bond acceptors (Lipinski definition) is 8. The van der Waals surface area contributed by atoms with E-state index in [1.807, 2.05) is 70.2 Å². The number of aromatic nitrogens is 3. The molecule has 0 spiro atoms. The fourth-order valence-corrected chi connectivity index (χ4v) is 5.77. The molecule has 0 unspecified atom stereocenters. The molecule has 0 aliphatic carbocycles. The Kier molecular flexibility index (Phi) is 9.60. The van der Waals surface area contributed by atoms with E-state index < -0.39 is 5.60 Å². The molecule has 0 saturated carbocycles. The number of ketones is 1. The minimum absolute atomic E-state index is 0.0102. The lowest BCUT2D eigenvalue weighted by Gasteiger charge is -2.34. The van der Waals surface area contributed by atoms with Crippen molar-refractivity contribution in [1.82, 2.24) is 19.9 Å². The van der Waals surface area contributed by atoms with Gasteiger partial charge in [0.2, 0.25) is 11.8 Å². The number of pyridine rings is 1. The average molecular weight is 624 g/mol. The second-order valence-corrected chi connectivity index (χ2v) is 14.3. The van der Waals surface area contributed by atoms with Crippen molar-refractivity contribution in [1.29, 1.82) is 0 Å². The van der Waals surface area contributed by atoms with E-state index in [9.17, 15) is 9.59 Å². The molecule has 1 amide bonds. The Labute approximate surface area is 271 Å². The number of carbonyl (C=O) groups is 2. The maximum Gasteiger partial charge on any atom is 0.410 e. The van der Waals surface area contributed by atoms with Crippen LogP contribution < -0.4 is 10.1 Å². The largest absolute Gasteiger partial charge is 0.444 e. The summed E-state index contributed by atoms with van der Waals surface area (Å²) < 4.78 is 12.2. The van der Waals surface area contributed by atoms with Gasteiger partial charge in [-0.2, -0.15) is 0 Å². The van der Waals surface area contributed by atoms with E-state index in [-0.39, 0.29) is 23.3 Å². The van der Waals surface area contributed by atoms with Gasteiger partial charge >= 0.3 is 6.09 Å². The van der Waals surface area contributed by atoms with Crippen molar-refractivity contribution in [2.24, 2.45) is 5.41 Å². The molecule has 1 saturated heterocycles. The SMILES string of the molecule is Cc1ccc2c(CC(=O)CC(C)(C)C)cccc2c1Oc1ncccc1-c1ccnc(N[C@H]2CCCN(C(=O)OC(C)(C)C)C2)n1. The molecular weight excluding hydrogens is 578 g/mol. The van der Waals surface area contributed by atoms with Crippen molar-refractivity contribution in [2.45, 2.75) is 85.8 Å². The molecule has 1 atom stereocenters. The van der Waals surface area contributed by atoms with Crippen LogP contribution in [0.3, 0.4) is 0 Å². The maximum absolute atomic E-state index is 12.9. The second kappa shape index (κ2) is 13.4. The maximum atomic E-state index is 12.9. The van der Waals surface area contributed by atoms with E-state index in [4.69, 9.17) is 14.5 Å². The molecule has 2 aromatic carbocycles. The van der Waals surface area contributed by atoms with Gasteiger partial charge in [0.25, 0.3) is 0 Å². The molecule has 4 aromatic rings. The molecule has 242 valence electrons. The van der Waals surface area contributed by atoms with E-state index in [0.29, 0.717) is 49.2 Å². The number of nitrogens with one attached hydrogen (secondary N) is 1. The van der Waals surface area contributed by atoms with Crippen LogP contribution in [0.15, 0.2) is 60.9 Å². The van der Waals surface area contributed by atoms with E-state index in [2.05, 4.69) is 42.1 Å². The quantitative estimate of drug-likeness (QED) is 0.210. The first-order valence-corrected chi connectivity index (χ1v) is 16.0. The number of amides is 1. The van der Waals surface area contributed by atoms with Gasteiger partial charge in [-0.15, -0.1) is 0 Å². The summed E-state index contributed by atoms with van der Waals surface area (Å²) in [4.78, 5) is 41.2. The number of likely N-dealkylation sites (tertiary alicyclic amines) is 1. The Bertz CT molecular complexity index is 1720. The number of fused-ring (bicyclic) bond motifs is 1. The van der Waals surface area contributed by atoms with Crippen molar-refractivity contribution < 1.29 is 19.1 Å². The van der Waals surface area contributed by atoms with Gasteiger partial charge in [0, 0.05) is 49.8 Å². The number of benzene rings is 2. The highest BCUT2D eigenvalue weighted by Gasteiger charge is 2.28. The van der Waals surface area contributed by atoms with Crippen LogP contribution in [0, 0.1) is 12.3 Å². The summed E-state index contributed by atoms with van der Waals surface area (Å²) in [6, 6.07) is 15.7. The van der Waals surface area contributed by atoms with Crippen molar-refractivity contribution in [3.63, 3.8) is 0 Å². The number of anilines is 1. The van der Waals surface area contributed by atoms with E-state index in [0.717, 1.165) is 40.3 Å². The first-order valence-electron chi connectivity index (χ1n) is 16.0. The molecular formula is C37H45N5O4. The van der Waals surface area contributed by atoms with Crippen molar-refractivity contribution in [3.8, 4) is 22.9 Å².